The summed E-state index contributed by atoms with van der Waals surface area (Å²) in [6.07, 6.45) is 0.251. The average Bonchev–Trinajstić information content (AvgIpc) is 2.71. The van der Waals surface area contributed by atoms with Gasteiger partial charge in [0.05, 0.1) is 6.21 Å². The van der Waals surface area contributed by atoms with Crippen LogP contribution in [0.3, 0.4) is 0 Å². The summed E-state index contributed by atoms with van der Waals surface area (Å²) in [5, 5.41) is 16.7. The fourth-order valence-electron chi connectivity index (χ4n) is 3.25. The Hall–Kier alpha value is -3.24. The van der Waals surface area contributed by atoms with Crippen molar-refractivity contribution in [2.24, 2.45) is 10.9 Å². The minimum atomic E-state index is -3.08. The zero-order valence-corrected chi connectivity index (χ0v) is 17.5. The van der Waals surface area contributed by atoms with E-state index in [1.165, 1.54) is 17.2 Å². The van der Waals surface area contributed by atoms with Gasteiger partial charge >= 0.3 is 6.61 Å². The summed E-state index contributed by atoms with van der Waals surface area (Å²) in [4.78, 5) is 26.5. The maximum atomic E-state index is 12.7. The van der Waals surface area contributed by atoms with E-state index in [0.717, 1.165) is 23.3 Å². The van der Waals surface area contributed by atoms with E-state index < -0.39 is 24.7 Å². The molecule has 1 aliphatic rings. The monoisotopic (exact) mass is 466 g/mol. The summed E-state index contributed by atoms with van der Waals surface area (Å²) in [5.41, 5.74) is 1.65. The number of alkyl halides is 2. The third-order valence-corrected chi connectivity index (χ3v) is 5.16. The summed E-state index contributed by atoms with van der Waals surface area (Å²) in [6.45, 7) is -2.55. The molecule has 32 heavy (non-hydrogen) atoms. The first-order valence-corrected chi connectivity index (χ1v) is 10.00. The predicted molar refractivity (Wildman–Crippen MR) is 113 cm³/mol. The van der Waals surface area contributed by atoms with E-state index in [-0.39, 0.29) is 35.3 Å². The highest BCUT2D eigenvalue weighted by molar-refractivity contribution is 6.30. The van der Waals surface area contributed by atoms with Gasteiger partial charge in [-0.15, -0.1) is 0 Å². The summed E-state index contributed by atoms with van der Waals surface area (Å²) >= 11 is 5.88. The van der Waals surface area contributed by atoms with Crippen LogP contribution < -0.4 is 15.9 Å². The number of benzene rings is 2. The number of likely N-dealkylation sites (tertiary alicyclic amines) is 1. The molecule has 0 saturated carbocycles. The van der Waals surface area contributed by atoms with E-state index in [2.05, 4.69) is 15.2 Å². The number of nitrogens with one attached hydrogen (secondary N) is 1. The Bertz CT molecular complexity index is 1000. The Morgan fingerprint density at radius 3 is 2.62 bits per heavy atom. The highest BCUT2D eigenvalue weighted by Gasteiger charge is 2.40. The van der Waals surface area contributed by atoms with Gasteiger partial charge in [0, 0.05) is 18.1 Å². The van der Waals surface area contributed by atoms with Gasteiger partial charge in [0.2, 0.25) is 5.91 Å². The van der Waals surface area contributed by atoms with Crippen LogP contribution in [-0.4, -0.2) is 47.2 Å². The lowest BCUT2D eigenvalue weighted by atomic mass is 9.98. The van der Waals surface area contributed by atoms with Gasteiger partial charge < -0.3 is 25.9 Å². The van der Waals surface area contributed by atoms with Crippen LogP contribution in [0.1, 0.15) is 29.2 Å². The second-order valence-corrected chi connectivity index (χ2v) is 7.51. The Kier molecular flexibility index (Phi) is 7.60. The lowest BCUT2D eigenvalue weighted by molar-refractivity contribution is -0.154. The van der Waals surface area contributed by atoms with Crippen molar-refractivity contribution in [3.8, 4) is 5.75 Å². The number of amides is 2. The van der Waals surface area contributed by atoms with E-state index in [1.54, 1.807) is 12.1 Å². The third kappa shape index (κ3) is 5.71. The van der Waals surface area contributed by atoms with Crippen LogP contribution in [0, 0.1) is 0 Å². The van der Waals surface area contributed by atoms with Crippen molar-refractivity contribution < 1.29 is 28.2 Å². The smallest absolute Gasteiger partial charge is 0.387 e. The van der Waals surface area contributed by atoms with Crippen molar-refractivity contribution >= 4 is 29.6 Å². The lowest BCUT2D eigenvalue weighted by Crippen LogP contribution is -2.59. The van der Waals surface area contributed by atoms with Crippen LogP contribution in [0.25, 0.3) is 0 Å². The van der Waals surface area contributed by atoms with Gasteiger partial charge in [-0.2, -0.15) is 13.9 Å². The summed E-state index contributed by atoms with van der Waals surface area (Å²) in [5.74, 6) is 3.73. The molecule has 0 spiro atoms. The van der Waals surface area contributed by atoms with E-state index >= 15 is 0 Å². The van der Waals surface area contributed by atoms with Crippen LogP contribution in [-0.2, 0) is 16.1 Å². The molecule has 0 aliphatic carbocycles. The van der Waals surface area contributed by atoms with Gasteiger partial charge in [0.15, 0.2) is 6.10 Å². The molecular formula is C21H21ClF2N4O4. The molecular weight excluding hydrogens is 446 g/mol. The second-order valence-electron chi connectivity index (χ2n) is 7.07. The van der Waals surface area contributed by atoms with Crippen molar-refractivity contribution in [3.05, 3.63) is 64.2 Å². The first-order chi connectivity index (χ1) is 15.3. The van der Waals surface area contributed by atoms with Crippen molar-refractivity contribution in [2.75, 3.05) is 6.54 Å². The largest absolute Gasteiger partial charge is 0.435 e. The fraction of sp³-hybridized carbons (Fsp3) is 0.286. The quantitative estimate of drug-likeness (QED) is 0.313. The second kappa shape index (κ2) is 10.4. The molecule has 1 aliphatic heterocycles. The van der Waals surface area contributed by atoms with Crippen LogP contribution >= 0.6 is 11.6 Å². The molecule has 1 saturated heterocycles. The molecule has 3 rings (SSSR count). The SMILES string of the molecule is N/N=C/c1ccc(CNC(=O)[C@@H]2CCN2C(=O)[C@H](O)c2cc(Cl)cc(OC(F)F)c2)cc1. The first-order valence-electron chi connectivity index (χ1n) is 9.62. The average molecular weight is 467 g/mol. The third-order valence-electron chi connectivity index (χ3n) is 4.94. The van der Waals surface area contributed by atoms with Gasteiger partial charge in [0.1, 0.15) is 11.8 Å². The number of carbonyl (C=O) groups is 2. The van der Waals surface area contributed by atoms with Crippen molar-refractivity contribution in [1.29, 1.82) is 0 Å². The number of ether oxygens (including phenoxy) is 1. The number of halogens is 3. The molecule has 2 aromatic carbocycles. The van der Waals surface area contributed by atoms with Gasteiger partial charge in [0.25, 0.3) is 5.91 Å². The Morgan fingerprint density at radius 2 is 2.03 bits per heavy atom. The number of nitrogens with zero attached hydrogens (tertiary/aromatic N) is 2. The van der Waals surface area contributed by atoms with Crippen LogP contribution in [0.15, 0.2) is 47.6 Å². The molecule has 8 nitrogen and oxygen atoms in total. The molecule has 11 heteroatoms. The molecule has 0 unspecified atom stereocenters. The zero-order chi connectivity index (χ0) is 23.3. The molecule has 2 atom stereocenters. The van der Waals surface area contributed by atoms with E-state index in [0.29, 0.717) is 6.42 Å². The molecule has 2 aromatic rings. The summed E-state index contributed by atoms with van der Waals surface area (Å²) in [7, 11) is 0. The number of hydrogen-bond acceptors (Lipinski definition) is 6. The Balaban J connectivity index is 1.60. The summed E-state index contributed by atoms with van der Waals surface area (Å²) in [6, 6.07) is 9.99. The first kappa shape index (κ1) is 23.4. The maximum absolute atomic E-state index is 12.7. The summed E-state index contributed by atoms with van der Waals surface area (Å²) < 4.78 is 29.2. The van der Waals surface area contributed by atoms with Crippen LogP contribution in [0.2, 0.25) is 5.02 Å². The topological polar surface area (TPSA) is 117 Å². The molecule has 0 bridgehead atoms. The minimum Gasteiger partial charge on any atom is -0.435 e. The fourth-order valence-corrected chi connectivity index (χ4v) is 3.48. The zero-order valence-electron chi connectivity index (χ0n) is 16.7. The van der Waals surface area contributed by atoms with Crippen LogP contribution in [0.5, 0.6) is 5.75 Å². The van der Waals surface area contributed by atoms with Gasteiger partial charge in [-0.3, -0.25) is 9.59 Å². The Morgan fingerprint density at radius 1 is 1.31 bits per heavy atom. The molecule has 2 amide bonds. The molecule has 4 N–H and O–H groups in total. The maximum Gasteiger partial charge on any atom is 0.387 e. The minimum absolute atomic E-state index is 0.00897. The van der Waals surface area contributed by atoms with Crippen molar-refractivity contribution in [1.82, 2.24) is 10.2 Å². The number of hydrogen-bond donors (Lipinski definition) is 3. The molecule has 170 valence electrons. The highest BCUT2D eigenvalue weighted by atomic mass is 35.5. The standard InChI is InChI=1S/C21H21ClF2N4O4/c22-15-7-14(8-16(9-15)32-21(23)24)18(29)20(31)28-6-5-17(28)19(30)26-10-12-1-3-13(4-2-12)11-27-25/h1-4,7-9,11,17-18,21,29H,5-6,10,25H2,(H,26,30)/b27-11+/t17-,18+/m0/s1. The van der Waals surface area contributed by atoms with Gasteiger partial charge in [-0.25, -0.2) is 0 Å². The number of rotatable bonds is 8. The van der Waals surface area contributed by atoms with E-state index in [1.807, 2.05) is 12.1 Å². The lowest BCUT2D eigenvalue weighted by Gasteiger charge is -2.40. The Labute approximate surface area is 187 Å². The number of hydrazone groups is 1. The molecule has 1 heterocycles. The van der Waals surface area contributed by atoms with Gasteiger partial charge in [-0.1, -0.05) is 35.9 Å². The predicted octanol–water partition coefficient (Wildman–Crippen LogP) is 2.18. The number of carbonyl (C=O) groups excluding carboxylic acids is 2. The number of aliphatic hydroxyl groups is 1. The molecule has 0 radical (unpaired) electrons. The van der Waals surface area contributed by atoms with E-state index in [9.17, 15) is 23.5 Å². The van der Waals surface area contributed by atoms with Crippen molar-refractivity contribution in [3.63, 3.8) is 0 Å². The van der Waals surface area contributed by atoms with Gasteiger partial charge in [-0.05, 0) is 41.3 Å². The van der Waals surface area contributed by atoms with Crippen molar-refractivity contribution in [2.45, 2.75) is 31.7 Å². The van der Waals surface area contributed by atoms with E-state index in [4.69, 9.17) is 17.4 Å². The molecule has 1 fully saturated rings. The number of nitrogens with two attached hydrogens (primary N) is 1. The van der Waals surface area contributed by atoms with Crippen LogP contribution in [0.4, 0.5) is 8.78 Å². The molecule has 0 aromatic heterocycles. The normalized spacial score (nSPS) is 16.7. The highest BCUT2D eigenvalue weighted by Crippen LogP contribution is 2.29. The number of aliphatic hydroxyl groups excluding tert-OH is 1.